The number of likely N-dealkylation sites (tertiary alicyclic amines) is 1. The average molecular weight is 210 g/mol. The van der Waals surface area contributed by atoms with Crippen LogP contribution in [-0.2, 0) is 0 Å². The minimum atomic E-state index is -0.411. The normalized spacial score (nSPS) is 21.7. The van der Waals surface area contributed by atoms with E-state index in [9.17, 15) is 9.90 Å². The summed E-state index contributed by atoms with van der Waals surface area (Å²) in [7, 11) is 0. The van der Waals surface area contributed by atoms with Gasteiger partial charge in [0.2, 0.25) is 5.76 Å². The van der Waals surface area contributed by atoms with Gasteiger partial charge < -0.3 is 14.5 Å². The second-order valence-corrected chi connectivity index (χ2v) is 3.89. The van der Waals surface area contributed by atoms with E-state index in [0.717, 1.165) is 18.4 Å². The highest BCUT2D eigenvalue weighted by Gasteiger charge is 2.26. The molecule has 1 fully saturated rings. The second kappa shape index (κ2) is 4.02. The topological polar surface area (TPSA) is 66.6 Å². The number of piperidine rings is 1. The van der Waals surface area contributed by atoms with Gasteiger partial charge in [0.1, 0.15) is 0 Å². The Labute approximate surface area is 87.7 Å². The molecule has 1 amide bonds. The summed E-state index contributed by atoms with van der Waals surface area (Å²) in [5, 5.41) is 13.0. The van der Waals surface area contributed by atoms with Crippen LogP contribution in [-0.4, -0.2) is 40.3 Å². The van der Waals surface area contributed by atoms with E-state index < -0.39 is 6.10 Å². The Bertz CT molecular complexity index is 361. The molecule has 0 bridgehead atoms. The van der Waals surface area contributed by atoms with Gasteiger partial charge in [-0.3, -0.25) is 4.79 Å². The number of aromatic nitrogens is 1. The number of hydrogen-bond donors (Lipinski definition) is 1. The Balaban J connectivity index is 2.11. The number of aryl methyl sites for hydroxylation is 1. The van der Waals surface area contributed by atoms with Gasteiger partial charge in [0.25, 0.3) is 5.91 Å². The van der Waals surface area contributed by atoms with Gasteiger partial charge in [0.05, 0.1) is 12.3 Å². The molecule has 1 saturated heterocycles. The lowest BCUT2D eigenvalue weighted by Crippen LogP contribution is -2.42. The molecule has 0 aliphatic carbocycles. The van der Waals surface area contributed by atoms with Crippen molar-refractivity contribution in [2.75, 3.05) is 13.1 Å². The van der Waals surface area contributed by atoms with Crippen LogP contribution in [0.4, 0.5) is 0 Å². The first-order valence-electron chi connectivity index (χ1n) is 5.07. The second-order valence-electron chi connectivity index (χ2n) is 3.89. The molecule has 0 saturated carbocycles. The molecule has 1 aliphatic heterocycles. The highest BCUT2D eigenvalue weighted by molar-refractivity contribution is 5.92. The molecule has 0 radical (unpaired) electrons. The first kappa shape index (κ1) is 10.2. The Morgan fingerprint density at radius 3 is 3.13 bits per heavy atom. The predicted octanol–water partition coefficient (Wildman–Crippen LogP) is 0.580. The number of amides is 1. The minimum absolute atomic E-state index is 0.177. The van der Waals surface area contributed by atoms with Crippen molar-refractivity contribution in [2.24, 2.45) is 0 Å². The van der Waals surface area contributed by atoms with E-state index in [1.807, 2.05) is 0 Å². The lowest BCUT2D eigenvalue weighted by Gasteiger charge is -2.29. The molecular weight excluding hydrogens is 196 g/mol. The fourth-order valence-electron chi connectivity index (χ4n) is 1.78. The summed E-state index contributed by atoms with van der Waals surface area (Å²) >= 11 is 0. The molecule has 1 aromatic heterocycles. The zero-order valence-electron chi connectivity index (χ0n) is 8.64. The quantitative estimate of drug-likeness (QED) is 0.736. The van der Waals surface area contributed by atoms with Gasteiger partial charge in [-0.15, -0.1) is 0 Å². The number of aliphatic hydroxyl groups is 1. The molecule has 5 heteroatoms. The molecular formula is C10H14N2O3. The Morgan fingerprint density at radius 2 is 2.53 bits per heavy atom. The first-order chi connectivity index (χ1) is 7.18. The summed E-state index contributed by atoms with van der Waals surface area (Å²) in [4.78, 5) is 13.5. The molecule has 5 nitrogen and oxygen atoms in total. The summed E-state index contributed by atoms with van der Waals surface area (Å²) in [5.41, 5.74) is 0.736. The third-order valence-corrected chi connectivity index (χ3v) is 2.63. The molecule has 82 valence electrons. The average Bonchev–Trinajstić information content (AvgIpc) is 2.63. The fourth-order valence-corrected chi connectivity index (χ4v) is 1.78. The Kier molecular flexibility index (Phi) is 2.73. The van der Waals surface area contributed by atoms with Crippen molar-refractivity contribution in [1.82, 2.24) is 10.1 Å². The van der Waals surface area contributed by atoms with E-state index in [-0.39, 0.29) is 11.7 Å². The van der Waals surface area contributed by atoms with Crippen LogP contribution < -0.4 is 0 Å². The number of hydrogen-bond acceptors (Lipinski definition) is 4. The zero-order valence-corrected chi connectivity index (χ0v) is 8.64. The van der Waals surface area contributed by atoms with Crippen LogP contribution in [0.3, 0.4) is 0 Å². The van der Waals surface area contributed by atoms with Crippen molar-refractivity contribution in [3.63, 3.8) is 0 Å². The SMILES string of the molecule is Cc1cnoc1C(=O)N1CCCC(O)C1. The van der Waals surface area contributed by atoms with Gasteiger partial charge in [-0.25, -0.2) is 0 Å². The number of β-amino-alcohol motifs (C(OH)–C–C–N with tert-alkyl or cyclic N) is 1. The molecule has 0 aromatic carbocycles. The van der Waals surface area contributed by atoms with Crippen molar-refractivity contribution in [2.45, 2.75) is 25.9 Å². The summed E-state index contributed by atoms with van der Waals surface area (Å²) in [6.07, 6.45) is 2.71. The van der Waals surface area contributed by atoms with Gasteiger partial charge in [0.15, 0.2) is 0 Å². The van der Waals surface area contributed by atoms with Crippen LogP contribution in [0.1, 0.15) is 29.0 Å². The van der Waals surface area contributed by atoms with Crippen molar-refractivity contribution in [3.8, 4) is 0 Å². The van der Waals surface area contributed by atoms with Gasteiger partial charge in [-0.1, -0.05) is 5.16 Å². The summed E-state index contributed by atoms with van der Waals surface area (Å²) < 4.78 is 4.89. The van der Waals surface area contributed by atoms with E-state index in [1.54, 1.807) is 11.8 Å². The van der Waals surface area contributed by atoms with E-state index in [1.165, 1.54) is 6.20 Å². The summed E-state index contributed by atoms with van der Waals surface area (Å²) in [6, 6.07) is 0. The van der Waals surface area contributed by atoms with Crippen molar-refractivity contribution in [1.29, 1.82) is 0 Å². The van der Waals surface area contributed by atoms with Crippen molar-refractivity contribution in [3.05, 3.63) is 17.5 Å². The predicted molar refractivity (Wildman–Crippen MR) is 52.4 cm³/mol. The van der Waals surface area contributed by atoms with E-state index >= 15 is 0 Å². The maximum atomic E-state index is 11.9. The highest BCUT2D eigenvalue weighted by atomic mass is 16.5. The number of carbonyl (C=O) groups is 1. The molecule has 0 spiro atoms. The van der Waals surface area contributed by atoms with Crippen LogP contribution in [0, 0.1) is 6.92 Å². The molecule has 1 atom stereocenters. The molecule has 15 heavy (non-hydrogen) atoms. The minimum Gasteiger partial charge on any atom is -0.391 e. The lowest BCUT2D eigenvalue weighted by atomic mass is 10.1. The molecule has 1 aliphatic rings. The zero-order chi connectivity index (χ0) is 10.8. The van der Waals surface area contributed by atoms with E-state index in [2.05, 4.69) is 5.16 Å². The van der Waals surface area contributed by atoms with Crippen molar-refractivity contribution < 1.29 is 14.4 Å². The van der Waals surface area contributed by atoms with Gasteiger partial charge in [0, 0.05) is 18.7 Å². The van der Waals surface area contributed by atoms with Crippen LogP contribution >= 0.6 is 0 Å². The molecule has 1 unspecified atom stereocenters. The fraction of sp³-hybridized carbons (Fsp3) is 0.600. The Hall–Kier alpha value is -1.36. The summed E-state index contributed by atoms with van der Waals surface area (Å²) in [6.45, 7) is 2.85. The Morgan fingerprint density at radius 1 is 1.73 bits per heavy atom. The first-order valence-corrected chi connectivity index (χ1v) is 5.07. The van der Waals surface area contributed by atoms with E-state index in [0.29, 0.717) is 13.1 Å². The third-order valence-electron chi connectivity index (χ3n) is 2.63. The van der Waals surface area contributed by atoms with Gasteiger partial charge in [-0.2, -0.15) is 0 Å². The standard InChI is InChI=1S/C10H14N2O3/c1-7-5-11-15-9(7)10(14)12-4-2-3-8(13)6-12/h5,8,13H,2-4,6H2,1H3. The third kappa shape index (κ3) is 2.02. The van der Waals surface area contributed by atoms with Gasteiger partial charge >= 0.3 is 0 Å². The monoisotopic (exact) mass is 210 g/mol. The maximum absolute atomic E-state index is 11.9. The molecule has 2 rings (SSSR count). The van der Waals surface area contributed by atoms with Crippen LogP contribution in [0.5, 0.6) is 0 Å². The smallest absolute Gasteiger partial charge is 0.292 e. The van der Waals surface area contributed by atoms with Crippen LogP contribution in [0.25, 0.3) is 0 Å². The number of carbonyl (C=O) groups excluding carboxylic acids is 1. The molecule has 2 heterocycles. The van der Waals surface area contributed by atoms with Crippen LogP contribution in [0.15, 0.2) is 10.7 Å². The number of nitrogens with zero attached hydrogens (tertiary/aromatic N) is 2. The summed E-state index contributed by atoms with van der Waals surface area (Å²) in [5.74, 6) is 0.104. The maximum Gasteiger partial charge on any atom is 0.292 e. The highest BCUT2D eigenvalue weighted by Crippen LogP contribution is 2.15. The number of aliphatic hydroxyl groups excluding tert-OH is 1. The lowest BCUT2D eigenvalue weighted by molar-refractivity contribution is 0.0440. The van der Waals surface area contributed by atoms with E-state index in [4.69, 9.17) is 4.52 Å². The largest absolute Gasteiger partial charge is 0.391 e. The van der Waals surface area contributed by atoms with Crippen LogP contribution in [0.2, 0.25) is 0 Å². The van der Waals surface area contributed by atoms with Crippen molar-refractivity contribution >= 4 is 5.91 Å². The van der Waals surface area contributed by atoms with Gasteiger partial charge in [-0.05, 0) is 19.8 Å². The number of rotatable bonds is 1. The molecule has 1 aromatic rings. The molecule has 1 N–H and O–H groups in total.